The van der Waals surface area contributed by atoms with Gasteiger partial charge in [-0.2, -0.15) is 0 Å². The van der Waals surface area contributed by atoms with Gasteiger partial charge in [-0.15, -0.1) is 0 Å². The Morgan fingerprint density at radius 2 is 2.12 bits per heavy atom. The minimum atomic E-state index is -0.793. The molecular formula is C10H22N2O4. The van der Waals surface area contributed by atoms with E-state index in [1.54, 1.807) is 0 Å². The highest BCUT2D eigenvalue weighted by atomic mass is 16.5. The van der Waals surface area contributed by atoms with Gasteiger partial charge in [-0.3, -0.25) is 0 Å². The van der Waals surface area contributed by atoms with Gasteiger partial charge < -0.3 is 25.6 Å². The van der Waals surface area contributed by atoms with Gasteiger partial charge in [-0.1, -0.05) is 0 Å². The quantitative estimate of drug-likeness (QED) is 0.532. The Labute approximate surface area is 96.1 Å². The van der Waals surface area contributed by atoms with Gasteiger partial charge in [0, 0.05) is 13.1 Å². The minimum Gasteiger partial charge on any atom is -0.448 e. The number of primary amides is 1. The van der Waals surface area contributed by atoms with E-state index < -0.39 is 12.2 Å². The van der Waals surface area contributed by atoms with Gasteiger partial charge in [0.15, 0.2) is 0 Å². The molecule has 0 saturated heterocycles. The number of ether oxygens (including phenoxy) is 2. The van der Waals surface area contributed by atoms with Crippen LogP contribution >= 0.6 is 0 Å². The Bertz CT molecular complexity index is 203. The van der Waals surface area contributed by atoms with Gasteiger partial charge in [0.2, 0.25) is 0 Å². The lowest BCUT2D eigenvalue weighted by atomic mass is 10.2. The summed E-state index contributed by atoms with van der Waals surface area (Å²) in [4.78, 5) is 10.2. The number of nitrogens with two attached hydrogens (primary N) is 1. The number of aliphatic hydroxyl groups excluding tert-OH is 1. The highest BCUT2D eigenvalue weighted by molar-refractivity contribution is 5.64. The van der Waals surface area contributed by atoms with Crippen molar-refractivity contribution in [2.75, 3.05) is 26.3 Å². The van der Waals surface area contributed by atoms with Crippen LogP contribution in [0.2, 0.25) is 0 Å². The monoisotopic (exact) mass is 234 g/mol. The summed E-state index contributed by atoms with van der Waals surface area (Å²) in [5.41, 5.74) is 4.52. The van der Waals surface area contributed by atoms with Crippen molar-refractivity contribution < 1.29 is 19.4 Å². The number of hydrogen-bond acceptors (Lipinski definition) is 5. The fraction of sp³-hybridized carbons (Fsp3) is 0.900. The number of carbonyl (C=O) groups is 1. The molecule has 0 aliphatic rings. The predicted molar refractivity (Wildman–Crippen MR) is 60.1 cm³/mol. The third-order valence-electron chi connectivity index (χ3n) is 1.61. The van der Waals surface area contributed by atoms with Gasteiger partial charge >= 0.3 is 6.09 Å². The standard InChI is InChI=1S/C10H22N2O4/c1-10(2,3)16-7-8(13)6-12-4-5-15-9(11)14/h8,12-13H,4-7H2,1-3H3,(H2,11,14). The Kier molecular flexibility index (Phi) is 7.03. The summed E-state index contributed by atoms with van der Waals surface area (Å²) in [7, 11) is 0. The first-order valence-electron chi connectivity index (χ1n) is 5.26. The normalized spacial score (nSPS) is 13.5. The number of amides is 1. The molecule has 0 aliphatic heterocycles. The second kappa shape index (κ2) is 7.43. The maximum atomic E-state index is 10.2. The summed E-state index contributed by atoms with van der Waals surface area (Å²) in [6.07, 6.45) is -1.37. The molecule has 0 rings (SSSR count). The maximum absolute atomic E-state index is 10.2. The minimum absolute atomic E-state index is 0.197. The molecule has 6 nitrogen and oxygen atoms in total. The molecule has 0 heterocycles. The van der Waals surface area contributed by atoms with Crippen molar-refractivity contribution >= 4 is 6.09 Å². The lowest BCUT2D eigenvalue weighted by molar-refractivity contribution is -0.0479. The average molecular weight is 234 g/mol. The molecule has 0 aromatic carbocycles. The van der Waals surface area contributed by atoms with Crippen molar-refractivity contribution in [3.05, 3.63) is 0 Å². The molecule has 4 N–H and O–H groups in total. The van der Waals surface area contributed by atoms with Crippen LogP contribution in [0.5, 0.6) is 0 Å². The summed E-state index contributed by atoms with van der Waals surface area (Å²) in [6.45, 7) is 7.08. The lowest BCUT2D eigenvalue weighted by Crippen LogP contribution is -2.35. The van der Waals surface area contributed by atoms with E-state index in [4.69, 9.17) is 10.5 Å². The van der Waals surface area contributed by atoms with Crippen LogP contribution in [-0.4, -0.2) is 49.2 Å². The molecule has 16 heavy (non-hydrogen) atoms. The van der Waals surface area contributed by atoms with Crippen LogP contribution in [0.3, 0.4) is 0 Å². The second-order valence-corrected chi connectivity index (χ2v) is 4.45. The highest BCUT2D eigenvalue weighted by Crippen LogP contribution is 2.06. The van der Waals surface area contributed by atoms with Gasteiger partial charge in [-0.05, 0) is 20.8 Å². The molecule has 1 unspecified atom stereocenters. The molecule has 1 amide bonds. The SMILES string of the molecule is CC(C)(C)OCC(O)CNCCOC(N)=O. The van der Waals surface area contributed by atoms with Crippen LogP contribution in [0.4, 0.5) is 4.79 Å². The first kappa shape index (κ1) is 15.2. The highest BCUT2D eigenvalue weighted by Gasteiger charge is 2.13. The smallest absolute Gasteiger partial charge is 0.404 e. The van der Waals surface area contributed by atoms with Gasteiger partial charge in [-0.25, -0.2) is 4.79 Å². The molecule has 0 aromatic rings. The Hall–Kier alpha value is -0.850. The molecule has 0 saturated carbocycles. The molecule has 0 radical (unpaired) electrons. The molecule has 0 fully saturated rings. The van der Waals surface area contributed by atoms with Crippen molar-refractivity contribution in [3.8, 4) is 0 Å². The van der Waals surface area contributed by atoms with Crippen LogP contribution in [-0.2, 0) is 9.47 Å². The summed E-state index contributed by atoms with van der Waals surface area (Å²) in [5, 5.41) is 12.4. The second-order valence-electron chi connectivity index (χ2n) is 4.45. The number of nitrogens with one attached hydrogen (secondary N) is 1. The molecule has 96 valence electrons. The Balaban J connectivity index is 3.37. The fourth-order valence-corrected chi connectivity index (χ4v) is 0.898. The number of carbonyl (C=O) groups excluding carboxylic acids is 1. The zero-order valence-corrected chi connectivity index (χ0v) is 10.2. The molecule has 1 atom stereocenters. The van der Waals surface area contributed by atoms with E-state index in [-0.39, 0.29) is 18.8 Å². The van der Waals surface area contributed by atoms with E-state index in [1.165, 1.54) is 0 Å². The van der Waals surface area contributed by atoms with Crippen LogP contribution in [0.25, 0.3) is 0 Å². The summed E-state index contributed by atoms with van der Waals surface area (Å²) >= 11 is 0. The average Bonchev–Trinajstić information content (AvgIpc) is 2.12. The van der Waals surface area contributed by atoms with Crippen LogP contribution < -0.4 is 11.1 Å². The van der Waals surface area contributed by atoms with Gasteiger partial charge in [0.05, 0.1) is 18.3 Å². The topological polar surface area (TPSA) is 93.8 Å². The van der Waals surface area contributed by atoms with Crippen LogP contribution in [0.1, 0.15) is 20.8 Å². The molecule has 0 bridgehead atoms. The number of rotatable bonds is 7. The van der Waals surface area contributed by atoms with E-state index >= 15 is 0 Å². The van der Waals surface area contributed by atoms with E-state index in [0.717, 1.165) is 0 Å². The summed E-state index contributed by atoms with van der Waals surface area (Å²) in [5.74, 6) is 0. The molecule has 0 aliphatic carbocycles. The first-order chi connectivity index (χ1) is 7.31. The fourth-order valence-electron chi connectivity index (χ4n) is 0.898. The Morgan fingerprint density at radius 1 is 1.50 bits per heavy atom. The van der Waals surface area contributed by atoms with E-state index in [1.807, 2.05) is 20.8 Å². The van der Waals surface area contributed by atoms with Gasteiger partial charge in [0.1, 0.15) is 6.61 Å². The van der Waals surface area contributed by atoms with Crippen molar-refractivity contribution in [3.63, 3.8) is 0 Å². The first-order valence-corrected chi connectivity index (χ1v) is 5.26. The largest absolute Gasteiger partial charge is 0.448 e. The van der Waals surface area contributed by atoms with E-state index in [9.17, 15) is 9.90 Å². The zero-order valence-electron chi connectivity index (χ0n) is 10.2. The third kappa shape index (κ3) is 11.2. The van der Waals surface area contributed by atoms with Gasteiger partial charge in [0.25, 0.3) is 0 Å². The van der Waals surface area contributed by atoms with Crippen molar-refractivity contribution in [2.24, 2.45) is 5.73 Å². The van der Waals surface area contributed by atoms with Crippen molar-refractivity contribution in [1.82, 2.24) is 5.32 Å². The molecule has 6 heteroatoms. The van der Waals surface area contributed by atoms with Crippen LogP contribution in [0, 0.1) is 0 Å². The molecule has 0 aromatic heterocycles. The molecule has 0 spiro atoms. The molecular weight excluding hydrogens is 212 g/mol. The maximum Gasteiger partial charge on any atom is 0.404 e. The third-order valence-corrected chi connectivity index (χ3v) is 1.61. The van der Waals surface area contributed by atoms with Crippen molar-refractivity contribution in [1.29, 1.82) is 0 Å². The van der Waals surface area contributed by atoms with Crippen LogP contribution in [0.15, 0.2) is 0 Å². The summed E-state index contributed by atoms with van der Waals surface area (Å²) in [6, 6.07) is 0. The van der Waals surface area contributed by atoms with E-state index in [0.29, 0.717) is 13.1 Å². The zero-order chi connectivity index (χ0) is 12.6. The summed E-state index contributed by atoms with van der Waals surface area (Å²) < 4.78 is 9.89. The Morgan fingerprint density at radius 3 is 2.62 bits per heavy atom. The van der Waals surface area contributed by atoms with Crippen molar-refractivity contribution in [2.45, 2.75) is 32.5 Å². The lowest BCUT2D eigenvalue weighted by Gasteiger charge is -2.22. The van der Waals surface area contributed by atoms with E-state index in [2.05, 4.69) is 10.1 Å². The predicted octanol–water partition coefficient (Wildman–Crippen LogP) is -0.153. The number of aliphatic hydroxyl groups is 1. The number of hydrogen-bond donors (Lipinski definition) is 3.